The molecule has 2 aromatic rings. The lowest BCUT2D eigenvalue weighted by atomic mass is 9.96. The summed E-state index contributed by atoms with van der Waals surface area (Å²) >= 11 is 7.84. The van der Waals surface area contributed by atoms with Gasteiger partial charge in [0.2, 0.25) is 0 Å². The van der Waals surface area contributed by atoms with Crippen molar-refractivity contribution in [2.24, 2.45) is 11.8 Å². The Kier molecular flexibility index (Phi) is 4.41. The Morgan fingerprint density at radius 2 is 2.06 bits per heavy atom. The normalized spacial score (nSPS) is 13.4. The molecule has 1 atom stereocenters. The summed E-state index contributed by atoms with van der Waals surface area (Å²) in [4.78, 5) is 4.67. The van der Waals surface area contributed by atoms with Gasteiger partial charge in [0.1, 0.15) is 0 Å². The van der Waals surface area contributed by atoms with Crippen LogP contribution in [-0.2, 0) is 6.42 Å². The first kappa shape index (κ1) is 12.8. The van der Waals surface area contributed by atoms with E-state index < -0.39 is 0 Å². The van der Waals surface area contributed by atoms with Crippen LogP contribution in [0.1, 0.15) is 25.3 Å². The number of aromatic nitrogens is 1. The minimum atomic E-state index is 0.553. The molecule has 3 heteroatoms. The number of fused-ring (bicyclic) bond motifs is 1. The predicted molar refractivity (Wildman–Crippen MR) is 77.0 cm³/mol. The van der Waals surface area contributed by atoms with E-state index in [1.165, 1.54) is 16.1 Å². The van der Waals surface area contributed by atoms with Gasteiger partial charge >= 0.3 is 0 Å². The van der Waals surface area contributed by atoms with Crippen molar-refractivity contribution in [2.45, 2.75) is 26.7 Å². The number of halogens is 1. The molecule has 1 unspecified atom stereocenters. The van der Waals surface area contributed by atoms with Crippen LogP contribution in [0.2, 0.25) is 0 Å². The minimum absolute atomic E-state index is 0.553. The van der Waals surface area contributed by atoms with Crippen molar-refractivity contribution in [1.29, 1.82) is 0 Å². The molecule has 0 aliphatic heterocycles. The van der Waals surface area contributed by atoms with Gasteiger partial charge in [0, 0.05) is 12.3 Å². The standard InChI is InChI=1S/C14H18ClNS/c1-10(2)7-11(9-15)8-14-16-12-5-3-4-6-13(12)17-14/h3-6,10-11H,7-9H2,1-2H3. The Hall–Kier alpha value is -0.600. The fourth-order valence-corrected chi connectivity index (χ4v) is 3.44. The molecular formula is C14H18ClNS. The predicted octanol–water partition coefficient (Wildman–Crippen LogP) is 4.74. The number of nitrogens with zero attached hydrogens (tertiary/aromatic N) is 1. The largest absolute Gasteiger partial charge is 0.241 e. The van der Waals surface area contributed by atoms with Crippen molar-refractivity contribution < 1.29 is 0 Å². The quantitative estimate of drug-likeness (QED) is 0.713. The smallest absolute Gasteiger partial charge is 0.0941 e. The van der Waals surface area contributed by atoms with Gasteiger partial charge in [-0.2, -0.15) is 0 Å². The molecule has 0 fully saturated rings. The molecule has 0 bridgehead atoms. The van der Waals surface area contributed by atoms with Crippen LogP contribution in [0.3, 0.4) is 0 Å². The summed E-state index contributed by atoms with van der Waals surface area (Å²) in [6, 6.07) is 8.32. The molecule has 0 amide bonds. The molecule has 1 nitrogen and oxygen atoms in total. The van der Waals surface area contributed by atoms with E-state index >= 15 is 0 Å². The van der Waals surface area contributed by atoms with Crippen molar-refractivity contribution in [3.05, 3.63) is 29.3 Å². The molecule has 0 aliphatic rings. The first-order chi connectivity index (χ1) is 8.19. The summed E-state index contributed by atoms with van der Waals surface area (Å²) in [5, 5.41) is 1.22. The maximum absolute atomic E-state index is 6.04. The molecular weight excluding hydrogens is 250 g/mol. The lowest BCUT2D eigenvalue weighted by Crippen LogP contribution is -2.09. The summed E-state index contributed by atoms with van der Waals surface area (Å²) in [5.74, 6) is 1.99. The molecule has 1 heterocycles. The van der Waals surface area contributed by atoms with Gasteiger partial charge in [-0.1, -0.05) is 26.0 Å². The van der Waals surface area contributed by atoms with E-state index in [1.54, 1.807) is 11.3 Å². The minimum Gasteiger partial charge on any atom is -0.241 e. The summed E-state index contributed by atoms with van der Waals surface area (Å²) < 4.78 is 1.28. The van der Waals surface area contributed by atoms with Crippen molar-refractivity contribution in [3.8, 4) is 0 Å². The number of para-hydroxylation sites is 1. The van der Waals surface area contributed by atoms with Crippen LogP contribution >= 0.6 is 22.9 Å². The molecule has 2 rings (SSSR count). The zero-order chi connectivity index (χ0) is 12.3. The van der Waals surface area contributed by atoms with Gasteiger partial charge in [0.05, 0.1) is 15.2 Å². The van der Waals surface area contributed by atoms with Crippen LogP contribution in [0.15, 0.2) is 24.3 Å². The average molecular weight is 268 g/mol. The monoisotopic (exact) mass is 267 g/mol. The van der Waals surface area contributed by atoms with Gasteiger partial charge in [-0.3, -0.25) is 0 Å². The number of benzene rings is 1. The van der Waals surface area contributed by atoms with Crippen LogP contribution in [0.5, 0.6) is 0 Å². The number of hydrogen-bond donors (Lipinski definition) is 0. The van der Waals surface area contributed by atoms with Gasteiger partial charge in [0.15, 0.2) is 0 Å². The van der Waals surface area contributed by atoms with E-state index in [0.29, 0.717) is 11.8 Å². The number of alkyl halides is 1. The van der Waals surface area contributed by atoms with Crippen molar-refractivity contribution in [1.82, 2.24) is 4.98 Å². The molecule has 17 heavy (non-hydrogen) atoms. The fourth-order valence-electron chi connectivity index (χ4n) is 2.12. The maximum Gasteiger partial charge on any atom is 0.0941 e. The highest BCUT2D eigenvalue weighted by Gasteiger charge is 2.13. The highest BCUT2D eigenvalue weighted by Crippen LogP contribution is 2.26. The molecule has 1 aromatic carbocycles. The van der Waals surface area contributed by atoms with Crippen molar-refractivity contribution in [3.63, 3.8) is 0 Å². The third-order valence-corrected chi connectivity index (χ3v) is 4.32. The third kappa shape index (κ3) is 3.43. The summed E-state index contributed by atoms with van der Waals surface area (Å²) in [7, 11) is 0. The Labute approximate surface area is 112 Å². The van der Waals surface area contributed by atoms with Gasteiger partial charge in [0.25, 0.3) is 0 Å². The van der Waals surface area contributed by atoms with Crippen LogP contribution in [0, 0.1) is 11.8 Å². The first-order valence-electron chi connectivity index (χ1n) is 6.09. The number of hydrogen-bond acceptors (Lipinski definition) is 2. The van der Waals surface area contributed by atoms with Crippen molar-refractivity contribution in [2.75, 3.05) is 5.88 Å². The molecule has 0 radical (unpaired) electrons. The van der Waals surface area contributed by atoms with E-state index in [0.717, 1.165) is 17.8 Å². The van der Waals surface area contributed by atoms with Crippen LogP contribution in [0.4, 0.5) is 0 Å². The SMILES string of the molecule is CC(C)CC(CCl)Cc1nc2ccccc2s1. The Balaban J connectivity index is 2.11. The lowest BCUT2D eigenvalue weighted by Gasteiger charge is -2.14. The molecule has 0 N–H and O–H groups in total. The molecule has 0 spiro atoms. The number of rotatable bonds is 5. The lowest BCUT2D eigenvalue weighted by molar-refractivity contribution is 0.441. The van der Waals surface area contributed by atoms with Gasteiger partial charge in [-0.15, -0.1) is 22.9 Å². The second kappa shape index (κ2) is 5.83. The van der Waals surface area contributed by atoms with E-state index in [4.69, 9.17) is 11.6 Å². The zero-order valence-corrected chi connectivity index (χ0v) is 11.9. The molecule has 92 valence electrons. The molecule has 0 saturated carbocycles. The summed E-state index contributed by atoms with van der Waals surface area (Å²) in [6.45, 7) is 4.50. The summed E-state index contributed by atoms with van der Waals surface area (Å²) in [6.07, 6.45) is 2.19. The third-order valence-electron chi connectivity index (χ3n) is 2.82. The average Bonchev–Trinajstić information content (AvgIpc) is 2.69. The van der Waals surface area contributed by atoms with Crippen LogP contribution < -0.4 is 0 Å². The Morgan fingerprint density at radius 3 is 2.71 bits per heavy atom. The van der Waals surface area contributed by atoms with E-state index in [9.17, 15) is 0 Å². The molecule has 0 aliphatic carbocycles. The van der Waals surface area contributed by atoms with Gasteiger partial charge in [-0.25, -0.2) is 4.98 Å². The topological polar surface area (TPSA) is 12.9 Å². The first-order valence-corrected chi connectivity index (χ1v) is 7.44. The Morgan fingerprint density at radius 1 is 1.29 bits per heavy atom. The van der Waals surface area contributed by atoms with Crippen LogP contribution in [-0.4, -0.2) is 10.9 Å². The van der Waals surface area contributed by atoms with E-state index in [2.05, 4.69) is 37.0 Å². The van der Waals surface area contributed by atoms with Crippen LogP contribution in [0.25, 0.3) is 10.2 Å². The second-order valence-corrected chi connectivity index (χ2v) is 6.35. The summed E-state index contributed by atoms with van der Waals surface area (Å²) in [5.41, 5.74) is 1.12. The maximum atomic E-state index is 6.04. The van der Waals surface area contributed by atoms with E-state index in [1.807, 2.05) is 6.07 Å². The highest BCUT2D eigenvalue weighted by atomic mass is 35.5. The molecule has 1 aromatic heterocycles. The zero-order valence-electron chi connectivity index (χ0n) is 10.3. The highest BCUT2D eigenvalue weighted by molar-refractivity contribution is 7.18. The van der Waals surface area contributed by atoms with Gasteiger partial charge in [-0.05, 0) is 30.4 Å². The van der Waals surface area contributed by atoms with E-state index in [-0.39, 0.29) is 0 Å². The molecule has 0 saturated heterocycles. The Bertz CT molecular complexity index is 445. The van der Waals surface area contributed by atoms with Gasteiger partial charge < -0.3 is 0 Å². The van der Waals surface area contributed by atoms with Crippen molar-refractivity contribution >= 4 is 33.2 Å². The fraction of sp³-hybridized carbons (Fsp3) is 0.500. The second-order valence-electron chi connectivity index (χ2n) is 4.93. The number of thiazole rings is 1.